The Labute approximate surface area is 143 Å². The lowest BCUT2D eigenvalue weighted by Crippen LogP contribution is -2.38. The molecular formula is C18H26N6. The van der Waals surface area contributed by atoms with Gasteiger partial charge in [0.1, 0.15) is 18.0 Å². The molecule has 2 aromatic heterocycles. The van der Waals surface area contributed by atoms with Crippen LogP contribution in [0.1, 0.15) is 25.3 Å². The van der Waals surface area contributed by atoms with Crippen LogP contribution in [0.5, 0.6) is 0 Å². The summed E-state index contributed by atoms with van der Waals surface area (Å²) in [6.45, 7) is 6.23. The standard InChI is InChI=1S/C18H26N6/c1-3-23(2)18-11-17(20-14-21-18)22-16-6-9-24(10-7-16)13-15-5-4-8-19-12-15/h4-5,8,11-12,14,16H,3,6-7,9-10,13H2,1-2H3,(H,20,21,22). The van der Waals surface area contributed by atoms with E-state index in [4.69, 9.17) is 0 Å². The van der Waals surface area contributed by atoms with Crippen LogP contribution in [0.3, 0.4) is 0 Å². The number of rotatable bonds is 6. The maximum Gasteiger partial charge on any atom is 0.133 e. The van der Waals surface area contributed by atoms with E-state index in [9.17, 15) is 0 Å². The van der Waals surface area contributed by atoms with Gasteiger partial charge in [-0.25, -0.2) is 9.97 Å². The van der Waals surface area contributed by atoms with Gasteiger partial charge in [-0.05, 0) is 31.4 Å². The van der Waals surface area contributed by atoms with Crippen LogP contribution < -0.4 is 10.2 Å². The molecule has 0 bridgehead atoms. The van der Waals surface area contributed by atoms with Crippen LogP contribution >= 0.6 is 0 Å². The zero-order valence-corrected chi connectivity index (χ0v) is 14.5. The second-order valence-electron chi connectivity index (χ2n) is 6.33. The Hall–Kier alpha value is -2.21. The van der Waals surface area contributed by atoms with E-state index in [1.54, 1.807) is 6.33 Å². The van der Waals surface area contributed by atoms with Crippen molar-refractivity contribution in [3.63, 3.8) is 0 Å². The molecule has 1 aliphatic heterocycles. The van der Waals surface area contributed by atoms with Crippen molar-refractivity contribution >= 4 is 11.6 Å². The molecule has 0 aromatic carbocycles. The van der Waals surface area contributed by atoms with Crippen molar-refractivity contribution in [2.75, 3.05) is 36.9 Å². The van der Waals surface area contributed by atoms with Gasteiger partial charge in [0.2, 0.25) is 0 Å². The van der Waals surface area contributed by atoms with E-state index in [0.29, 0.717) is 6.04 Å². The molecule has 3 rings (SSSR count). The Balaban J connectivity index is 1.50. The van der Waals surface area contributed by atoms with Gasteiger partial charge in [-0.1, -0.05) is 6.07 Å². The molecule has 2 aromatic rings. The number of hydrogen-bond donors (Lipinski definition) is 1. The molecule has 0 spiro atoms. The molecule has 0 atom stereocenters. The molecular weight excluding hydrogens is 300 g/mol. The zero-order chi connectivity index (χ0) is 16.8. The highest BCUT2D eigenvalue weighted by atomic mass is 15.2. The number of nitrogens with one attached hydrogen (secondary N) is 1. The Kier molecular flexibility index (Phi) is 5.59. The van der Waals surface area contributed by atoms with Crippen molar-refractivity contribution in [3.8, 4) is 0 Å². The van der Waals surface area contributed by atoms with Gasteiger partial charge in [-0.2, -0.15) is 0 Å². The third-order valence-electron chi connectivity index (χ3n) is 4.59. The van der Waals surface area contributed by atoms with E-state index < -0.39 is 0 Å². The van der Waals surface area contributed by atoms with E-state index in [2.05, 4.69) is 43.1 Å². The van der Waals surface area contributed by atoms with E-state index in [1.165, 1.54) is 5.56 Å². The van der Waals surface area contributed by atoms with E-state index in [0.717, 1.165) is 50.7 Å². The van der Waals surface area contributed by atoms with Crippen LogP contribution in [0.4, 0.5) is 11.6 Å². The summed E-state index contributed by atoms with van der Waals surface area (Å²) in [6, 6.07) is 6.66. The molecule has 3 heterocycles. The Morgan fingerprint density at radius 3 is 2.83 bits per heavy atom. The van der Waals surface area contributed by atoms with Gasteiger partial charge >= 0.3 is 0 Å². The van der Waals surface area contributed by atoms with Crippen molar-refractivity contribution in [3.05, 3.63) is 42.5 Å². The molecule has 0 aliphatic carbocycles. The second kappa shape index (κ2) is 8.06. The minimum Gasteiger partial charge on any atom is -0.367 e. The van der Waals surface area contributed by atoms with Crippen LogP contribution in [0.15, 0.2) is 36.9 Å². The van der Waals surface area contributed by atoms with Crippen molar-refractivity contribution < 1.29 is 0 Å². The summed E-state index contributed by atoms with van der Waals surface area (Å²) in [5.41, 5.74) is 1.28. The Bertz CT molecular complexity index is 624. The maximum atomic E-state index is 4.37. The maximum absolute atomic E-state index is 4.37. The first-order valence-corrected chi connectivity index (χ1v) is 8.65. The van der Waals surface area contributed by atoms with Crippen LogP contribution in [0.2, 0.25) is 0 Å². The first kappa shape index (κ1) is 16.6. The number of piperidine rings is 1. The molecule has 6 nitrogen and oxygen atoms in total. The number of anilines is 2. The summed E-state index contributed by atoms with van der Waals surface area (Å²) in [4.78, 5) is 17.5. The molecule has 0 radical (unpaired) electrons. The predicted molar refractivity (Wildman–Crippen MR) is 97.1 cm³/mol. The lowest BCUT2D eigenvalue weighted by Gasteiger charge is -2.32. The molecule has 6 heteroatoms. The smallest absolute Gasteiger partial charge is 0.133 e. The normalized spacial score (nSPS) is 16.1. The van der Waals surface area contributed by atoms with Crippen LogP contribution in [0.25, 0.3) is 0 Å². The highest BCUT2D eigenvalue weighted by molar-refractivity contribution is 5.48. The monoisotopic (exact) mass is 326 g/mol. The van der Waals surface area contributed by atoms with Crippen molar-refractivity contribution in [2.45, 2.75) is 32.4 Å². The number of nitrogens with zero attached hydrogens (tertiary/aromatic N) is 5. The second-order valence-corrected chi connectivity index (χ2v) is 6.33. The third-order valence-corrected chi connectivity index (χ3v) is 4.59. The average Bonchev–Trinajstić information content (AvgIpc) is 2.64. The number of likely N-dealkylation sites (tertiary alicyclic amines) is 1. The topological polar surface area (TPSA) is 57.2 Å². The summed E-state index contributed by atoms with van der Waals surface area (Å²) >= 11 is 0. The Morgan fingerprint density at radius 1 is 1.29 bits per heavy atom. The minimum atomic E-state index is 0.477. The van der Waals surface area contributed by atoms with Crippen molar-refractivity contribution in [1.82, 2.24) is 19.9 Å². The van der Waals surface area contributed by atoms with Crippen LogP contribution in [-0.4, -0.2) is 52.6 Å². The van der Waals surface area contributed by atoms with Crippen LogP contribution in [-0.2, 0) is 6.54 Å². The van der Waals surface area contributed by atoms with Gasteiger partial charge in [0.25, 0.3) is 0 Å². The molecule has 1 aliphatic rings. The molecule has 24 heavy (non-hydrogen) atoms. The van der Waals surface area contributed by atoms with Gasteiger partial charge in [0.15, 0.2) is 0 Å². The van der Waals surface area contributed by atoms with Gasteiger partial charge in [0.05, 0.1) is 0 Å². The van der Waals surface area contributed by atoms with E-state index >= 15 is 0 Å². The van der Waals surface area contributed by atoms with Gasteiger partial charge < -0.3 is 10.2 Å². The van der Waals surface area contributed by atoms with Crippen molar-refractivity contribution in [1.29, 1.82) is 0 Å². The Morgan fingerprint density at radius 2 is 2.12 bits per heavy atom. The molecule has 1 fully saturated rings. The first-order valence-electron chi connectivity index (χ1n) is 8.65. The van der Waals surface area contributed by atoms with Crippen molar-refractivity contribution in [2.24, 2.45) is 0 Å². The fraction of sp³-hybridized carbons (Fsp3) is 0.500. The number of pyridine rings is 1. The van der Waals surface area contributed by atoms with E-state index in [1.807, 2.05) is 31.6 Å². The summed E-state index contributed by atoms with van der Waals surface area (Å²) in [7, 11) is 2.04. The highest BCUT2D eigenvalue weighted by Crippen LogP contribution is 2.19. The molecule has 1 N–H and O–H groups in total. The summed E-state index contributed by atoms with van der Waals surface area (Å²) in [5.74, 6) is 1.88. The predicted octanol–water partition coefficient (Wildman–Crippen LogP) is 2.40. The zero-order valence-electron chi connectivity index (χ0n) is 14.5. The average molecular weight is 326 g/mol. The quantitative estimate of drug-likeness (QED) is 0.880. The molecule has 0 amide bonds. The molecule has 0 saturated carbocycles. The third kappa shape index (κ3) is 4.41. The van der Waals surface area contributed by atoms with E-state index in [-0.39, 0.29) is 0 Å². The number of aromatic nitrogens is 3. The molecule has 1 saturated heterocycles. The molecule has 128 valence electrons. The van der Waals surface area contributed by atoms with Gasteiger partial charge in [0, 0.05) is 57.7 Å². The van der Waals surface area contributed by atoms with Gasteiger partial charge in [-0.3, -0.25) is 9.88 Å². The minimum absolute atomic E-state index is 0.477. The highest BCUT2D eigenvalue weighted by Gasteiger charge is 2.19. The fourth-order valence-corrected chi connectivity index (χ4v) is 2.99. The van der Waals surface area contributed by atoms with Gasteiger partial charge in [-0.15, -0.1) is 0 Å². The largest absolute Gasteiger partial charge is 0.367 e. The fourth-order valence-electron chi connectivity index (χ4n) is 2.99. The molecule has 0 unspecified atom stereocenters. The summed E-state index contributed by atoms with van der Waals surface area (Å²) in [5, 5.41) is 3.57. The van der Waals surface area contributed by atoms with Crippen LogP contribution in [0, 0.1) is 0 Å². The lowest BCUT2D eigenvalue weighted by molar-refractivity contribution is 0.211. The SMILES string of the molecule is CCN(C)c1cc(NC2CCN(Cc3cccnc3)CC2)ncn1. The summed E-state index contributed by atoms with van der Waals surface area (Å²) < 4.78 is 0. The number of hydrogen-bond acceptors (Lipinski definition) is 6. The lowest BCUT2D eigenvalue weighted by atomic mass is 10.0. The first-order chi connectivity index (χ1) is 11.7. The summed E-state index contributed by atoms with van der Waals surface area (Å²) in [6.07, 6.45) is 7.68.